The van der Waals surface area contributed by atoms with Crippen molar-refractivity contribution in [3.8, 4) is 0 Å². The average Bonchev–Trinajstić information content (AvgIpc) is 3.17. The third-order valence-corrected chi connectivity index (χ3v) is 11.7. The summed E-state index contributed by atoms with van der Waals surface area (Å²) in [6.07, 6.45) is 51.4. The van der Waals surface area contributed by atoms with Gasteiger partial charge in [0.15, 0.2) is 0 Å². The number of carbonyl (C=O) groups excluding carboxylic acids is 2. The molecule has 0 fully saturated rings. The van der Waals surface area contributed by atoms with Crippen molar-refractivity contribution in [3.63, 3.8) is 0 Å². The highest BCUT2D eigenvalue weighted by atomic mass is 16.5. The largest absolute Gasteiger partial charge is 0.466 e. The third-order valence-electron chi connectivity index (χ3n) is 11.7. The SMILES string of the molecule is CC(C)CCCCCCCCCCCCCCCOC(=O)CCCCCCCCCCCCCNC(=O)OCCCCCCCCCCCCCCCC(C)C. The predicted molar refractivity (Wildman–Crippen MR) is 245 cm³/mol. The van der Waals surface area contributed by atoms with E-state index in [0.717, 1.165) is 50.5 Å². The van der Waals surface area contributed by atoms with Crippen LogP contribution in [0, 0.1) is 11.8 Å². The van der Waals surface area contributed by atoms with Crippen LogP contribution < -0.4 is 5.32 Å². The van der Waals surface area contributed by atoms with Crippen LogP contribution in [-0.2, 0) is 14.3 Å². The van der Waals surface area contributed by atoms with E-state index in [0.29, 0.717) is 19.6 Å². The Bertz CT molecular complexity index is 720. The maximum absolute atomic E-state index is 12.0. The molecule has 0 spiro atoms. The van der Waals surface area contributed by atoms with Crippen molar-refractivity contribution in [1.29, 1.82) is 0 Å². The second-order valence-corrected chi connectivity index (χ2v) is 18.5. The monoisotopic (exact) mass is 792 g/mol. The minimum atomic E-state index is -0.243. The number of esters is 1. The number of ether oxygens (including phenoxy) is 2. The van der Waals surface area contributed by atoms with E-state index in [-0.39, 0.29) is 12.1 Å². The molecule has 56 heavy (non-hydrogen) atoms. The number of hydrogen-bond acceptors (Lipinski definition) is 4. The third kappa shape index (κ3) is 48.9. The molecule has 0 aliphatic heterocycles. The zero-order valence-corrected chi connectivity index (χ0v) is 38.7. The summed E-state index contributed by atoms with van der Waals surface area (Å²) in [5.41, 5.74) is 0. The molecule has 0 aliphatic carbocycles. The second kappa shape index (κ2) is 46.4. The van der Waals surface area contributed by atoms with Gasteiger partial charge in [-0.25, -0.2) is 4.79 Å². The lowest BCUT2D eigenvalue weighted by atomic mass is 10.0. The van der Waals surface area contributed by atoms with Crippen molar-refractivity contribution >= 4 is 12.1 Å². The van der Waals surface area contributed by atoms with E-state index in [4.69, 9.17) is 9.47 Å². The summed E-state index contributed by atoms with van der Waals surface area (Å²) in [5, 5.41) is 2.92. The highest BCUT2D eigenvalue weighted by molar-refractivity contribution is 5.69. The standard InChI is InChI=1S/C51H101NO4/c1-48(2)42-36-30-24-18-12-7-5-9-16-22-28-34-40-46-55-50(53)44-38-32-26-20-14-11-15-21-27-33-39-45-52-51(54)56-47-41-35-29-23-17-10-6-8-13-19-25-31-37-43-49(3)4/h48-49H,5-47H2,1-4H3,(H,52,54). The van der Waals surface area contributed by atoms with Gasteiger partial charge in [-0.1, -0.05) is 252 Å². The Hall–Kier alpha value is -1.26. The smallest absolute Gasteiger partial charge is 0.407 e. The molecule has 0 saturated carbocycles. The molecule has 0 aromatic carbocycles. The molecule has 0 saturated heterocycles. The maximum Gasteiger partial charge on any atom is 0.407 e. The van der Waals surface area contributed by atoms with Gasteiger partial charge in [-0.15, -0.1) is 0 Å². The van der Waals surface area contributed by atoms with Gasteiger partial charge in [-0.05, 0) is 37.5 Å². The van der Waals surface area contributed by atoms with Crippen LogP contribution in [0.25, 0.3) is 0 Å². The number of alkyl carbamates (subject to hydrolysis) is 1. The van der Waals surface area contributed by atoms with E-state index >= 15 is 0 Å². The fraction of sp³-hybridized carbons (Fsp3) is 0.961. The molecule has 0 rings (SSSR count). The van der Waals surface area contributed by atoms with Crippen molar-refractivity contribution in [2.45, 2.75) is 285 Å². The Morgan fingerprint density at radius 2 is 0.607 bits per heavy atom. The first kappa shape index (κ1) is 54.7. The molecule has 0 radical (unpaired) electrons. The summed E-state index contributed by atoms with van der Waals surface area (Å²) < 4.78 is 10.8. The van der Waals surface area contributed by atoms with Crippen molar-refractivity contribution < 1.29 is 19.1 Å². The summed E-state index contributed by atoms with van der Waals surface area (Å²) in [7, 11) is 0. The highest BCUT2D eigenvalue weighted by Gasteiger charge is 2.04. The first-order valence-corrected chi connectivity index (χ1v) is 25.5. The number of amides is 1. The molecule has 1 amide bonds. The van der Waals surface area contributed by atoms with Crippen molar-refractivity contribution in [3.05, 3.63) is 0 Å². The molecule has 0 atom stereocenters. The van der Waals surface area contributed by atoms with E-state index in [9.17, 15) is 9.59 Å². The Balaban J connectivity index is 3.22. The first-order chi connectivity index (χ1) is 27.4. The van der Waals surface area contributed by atoms with Crippen molar-refractivity contribution in [1.82, 2.24) is 5.32 Å². The van der Waals surface area contributed by atoms with Gasteiger partial charge >= 0.3 is 12.1 Å². The zero-order chi connectivity index (χ0) is 40.8. The van der Waals surface area contributed by atoms with Crippen LogP contribution in [0.1, 0.15) is 285 Å². The number of hydrogen-bond donors (Lipinski definition) is 1. The molecule has 5 nitrogen and oxygen atoms in total. The summed E-state index contributed by atoms with van der Waals surface area (Å²) in [4.78, 5) is 24.0. The Kier molecular flexibility index (Phi) is 45.4. The molecule has 0 aromatic rings. The van der Waals surface area contributed by atoms with Crippen LogP contribution in [0.2, 0.25) is 0 Å². The van der Waals surface area contributed by atoms with Gasteiger partial charge in [0, 0.05) is 13.0 Å². The van der Waals surface area contributed by atoms with E-state index < -0.39 is 0 Å². The van der Waals surface area contributed by atoms with Gasteiger partial charge in [0.05, 0.1) is 13.2 Å². The Morgan fingerprint density at radius 1 is 0.339 bits per heavy atom. The Labute approximate surface area is 351 Å². The normalized spacial score (nSPS) is 11.5. The average molecular weight is 792 g/mol. The topological polar surface area (TPSA) is 64.6 Å². The van der Waals surface area contributed by atoms with Gasteiger partial charge in [-0.2, -0.15) is 0 Å². The van der Waals surface area contributed by atoms with Crippen molar-refractivity contribution in [2.24, 2.45) is 11.8 Å². The lowest BCUT2D eigenvalue weighted by molar-refractivity contribution is -0.143. The van der Waals surface area contributed by atoms with Gasteiger partial charge in [0.25, 0.3) is 0 Å². The van der Waals surface area contributed by atoms with Crippen LogP contribution >= 0.6 is 0 Å². The molecule has 5 heteroatoms. The minimum Gasteiger partial charge on any atom is -0.466 e. The number of nitrogens with one attached hydrogen (secondary N) is 1. The molecule has 0 unspecified atom stereocenters. The molecular weight excluding hydrogens is 691 g/mol. The minimum absolute atomic E-state index is 0.00210. The maximum atomic E-state index is 12.0. The molecule has 0 aromatic heterocycles. The Morgan fingerprint density at radius 3 is 0.946 bits per heavy atom. The number of unbranched alkanes of at least 4 members (excludes halogenated alkanes) is 34. The van der Waals surface area contributed by atoms with Crippen LogP contribution in [0.5, 0.6) is 0 Å². The molecular formula is C51H101NO4. The fourth-order valence-corrected chi connectivity index (χ4v) is 7.85. The van der Waals surface area contributed by atoms with E-state index in [1.54, 1.807) is 0 Å². The number of rotatable bonds is 46. The van der Waals surface area contributed by atoms with Gasteiger partial charge < -0.3 is 14.8 Å². The summed E-state index contributed by atoms with van der Waals surface area (Å²) in [6.45, 7) is 11.2. The first-order valence-electron chi connectivity index (χ1n) is 25.5. The van der Waals surface area contributed by atoms with Gasteiger partial charge in [0.2, 0.25) is 0 Å². The van der Waals surface area contributed by atoms with Crippen LogP contribution in [0.3, 0.4) is 0 Å². The molecule has 334 valence electrons. The molecule has 1 N–H and O–H groups in total. The van der Waals surface area contributed by atoms with Crippen molar-refractivity contribution in [2.75, 3.05) is 19.8 Å². The quantitative estimate of drug-likeness (QED) is 0.0493. The van der Waals surface area contributed by atoms with E-state index in [1.807, 2.05) is 0 Å². The van der Waals surface area contributed by atoms with Crippen LogP contribution in [0.4, 0.5) is 4.79 Å². The van der Waals surface area contributed by atoms with Crippen LogP contribution in [0.15, 0.2) is 0 Å². The molecule has 0 bridgehead atoms. The molecule has 0 heterocycles. The van der Waals surface area contributed by atoms with Gasteiger partial charge in [-0.3, -0.25) is 4.79 Å². The summed E-state index contributed by atoms with van der Waals surface area (Å²) >= 11 is 0. The van der Waals surface area contributed by atoms with Gasteiger partial charge in [0.1, 0.15) is 0 Å². The van der Waals surface area contributed by atoms with E-state index in [1.165, 1.54) is 218 Å². The lowest BCUT2D eigenvalue weighted by Gasteiger charge is -2.07. The summed E-state index contributed by atoms with van der Waals surface area (Å²) in [6, 6.07) is 0. The number of carbonyl (C=O) groups is 2. The fourth-order valence-electron chi connectivity index (χ4n) is 7.85. The lowest BCUT2D eigenvalue weighted by Crippen LogP contribution is -2.25. The highest BCUT2D eigenvalue weighted by Crippen LogP contribution is 2.17. The molecule has 0 aliphatic rings. The zero-order valence-electron chi connectivity index (χ0n) is 38.7. The predicted octanol–water partition coefficient (Wildman–Crippen LogP) is 17.2. The van der Waals surface area contributed by atoms with E-state index in [2.05, 4.69) is 33.0 Å². The summed E-state index contributed by atoms with van der Waals surface area (Å²) in [5.74, 6) is 1.73. The van der Waals surface area contributed by atoms with Crippen LogP contribution in [-0.4, -0.2) is 31.8 Å². The second-order valence-electron chi connectivity index (χ2n) is 18.5.